The number of carbonyl (C=O) groups is 2. The number of Topliss-reactive ketones (excluding diaryl/α,β-unsaturated/α-hetero) is 1. The first kappa shape index (κ1) is 17.6. The largest absolute Gasteiger partial charge is 0.504 e. The Bertz CT molecular complexity index is 870. The van der Waals surface area contributed by atoms with Crippen molar-refractivity contribution in [2.24, 2.45) is 0 Å². The van der Waals surface area contributed by atoms with Gasteiger partial charge in [0.25, 0.3) is 5.91 Å². The zero-order chi connectivity index (χ0) is 18.8. The van der Waals surface area contributed by atoms with Gasteiger partial charge in [0, 0.05) is 6.54 Å². The van der Waals surface area contributed by atoms with Gasteiger partial charge in [0.2, 0.25) is 5.78 Å². The van der Waals surface area contributed by atoms with E-state index >= 15 is 0 Å². The van der Waals surface area contributed by atoms with E-state index in [0.717, 1.165) is 0 Å². The van der Waals surface area contributed by atoms with Crippen molar-refractivity contribution in [1.29, 1.82) is 0 Å². The number of aliphatic hydroxyl groups is 2. The molecule has 0 spiro atoms. The highest BCUT2D eigenvalue weighted by molar-refractivity contribution is 6.15. The molecule has 26 heavy (non-hydrogen) atoms. The Morgan fingerprint density at radius 3 is 2.69 bits per heavy atom. The van der Waals surface area contributed by atoms with Crippen LogP contribution in [0.1, 0.15) is 22.2 Å². The third kappa shape index (κ3) is 2.80. The molecule has 1 aromatic carbocycles. The summed E-state index contributed by atoms with van der Waals surface area (Å²) in [5, 5.41) is 29.4. The van der Waals surface area contributed by atoms with Crippen molar-refractivity contribution < 1.29 is 34.1 Å². The number of ketones is 1. The summed E-state index contributed by atoms with van der Waals surface area (Å²) in [7, 11) is 1.37. The van der Waals surface area contributed by atoms with Crippen LogP contribution in [0.2, 0.25) is 0 Å². The van der Waals surface area contributed by atoms with Crippen molar-refractivity contribution in [3.63, 3.8) is 0 Å². The van der Waals surface area contributed by atoms with Gasteiger partial charge in [-0.1, -0.05) is 6.07 Å². The molecule has 2 heterocycles. The SMILES string of the molecule is COc1cc([C@@H]2C(C(=O)c3ccco3)=C(O)C(=O)N2CCO)ccc1O. The van der Waals surface area contributed by atoms with Crippen LogP contribution in [-0.4, -0.2) is 52.2 Å². The molecule has 8 heteroatoms. The molecule has 0 bridgehead atoms. The zero-order valence-electron chi connectivity index (χ0n) is 13.9. The highest BCUT2D eigenvalue weighted by Gasteiger charge is 2.44. The highest BCUT2D eigenvalue weighted by atomic mass is 16.5. The van der Waals surface area contributed by atoms with Gasteiger partial charge in [0.15, 0.2) is 23.0 Å². The summed E-state index contributed by atoms with van der Waals surface area (Å²) in [6.45, 7) is -0.446. The first-order valence-electron chi connectivity index (χ1n) is 7.79. The summed E-state index contributed by atoms with van der Waals surface area (Å²) < 4.78 is 10.2. The Kier molecular flexibility index (Phi) is 4.68. The first-order chi connectivity index (χ1) is 12.5. The number of aliphatic hydroxyl groups excluding tert-OH is 2. The standard InChI is InChI=1S/C18H17NO7/c1-25-13-9-10(4-5-11(13)21)15-14(16(22)12-3-2-8-26-12)17(23)18(24)19(15)6-7-20/h2-5,8-9,15,20-21,23H,6-7H2,1H3/t15-/m1/s1. The topological polar surface area (TPSA) is 120 Å². The van der Waals surface area contributed by atoms with Crippen molar-refractivity contribution in [2.75, 3.05) is 20.3 Å². The van der Waals surface area contributed by atoms with Gasteiger partial charge >= 0.3 is 0 Å². The lowest BCUT2D eigenvalue weighted by molar-refractivity contribution is -0.129. The summed E-state index contributed by atoms with van der Waals surface area (Å²) >= 11 is 0. The maximum absolute atomic E-state index is 12.8. The van der Waals surface area contributed by atoms with Crippen molar-refractivity contribution >= 4 is 11.7 Å². The first-order valence-corrected chi connectivity index (χ1v) is 7.79. The van der Waals surface area contributed by atoms with Gasteiger partial charge in [0.05, 0.1) is 31.6 Å². The molecule has 3 rings (SSSR count). The van der Waals surface area contributed by atoms with E-state index in [0.29, 0.717) is 5.56 Å². The molecule has 2 aromatic rings. The number of ether oxygens (including phenoxy) is 1. The molecule has 0 radical (unpaired) electrons. The number of amides is 1. The predicted molar refractivity (Wildman–Crippen MR) is 88.9 cm³/mol. The summed E-state index contributed by atoms with van der Waals surface area (Å²) in [5.41, 5.74) is 0.270. The fourth-order valence-electron chi connectivity index (χ4n) is 2.98. The van der Waals surface area contributed by atoms with Crippen LogP contribution < -0.4 is 4.74 Å². The molecule has 0 saturated heterocycles. The van der Waals surface area contributed by atoms with Crippen LogP contribution in [0.25, 0.3) is 0 Å². The molecule has 0 saturated carbocycles. The molecule has 1 atom stereocenters. The van der Waals surface area contributed by atoms with Gasteiger partial charge in [0.1, 0.15) is 0 Å². The average Bonchev–Trinajstić information content (AvgIpc) is 3.25. The third-order valence-corrected chi connectivity index (χ3v) is 4.15. The van der Waals surface area contributed by atoms with Crippen molar-refractivity contribution in [3.05, 3.63) is 59.3 Å². The maximum Gasteiger partial charge on any atom is 0.290 e. The minimum absolute atomic E-state index is 0.0269. The molecule has 0 unspecified atom stereocenters. The number of methoxy groups -OCH3 is 1. The Morgan fingerprint density at radius 1 is 1.31 bits per heavy atom. The van der Waals surface area contributed by atoms with E-state index in [1.807, 2.05) is 0 Å². The Morgan fingerprint density at radius 2 is 2.08 bits per heavy atom. The number of nitrogens with zero attached hydrogens (tertiary/aromatic N) is 1. The van der Waals surface area contributed by atoms with Gasteiger partial charge < -0.3 is 29.4 Å². The second-order valence-corrected chi connectivity index (χ2v) is 5.62. The van der Waals surface area contributed by atoms with E-state index in [1.165, 1.54) is 48.6 Å². The monoisotopic (exact) mass is 359 g/mol. The van der Waals surface area contributed by atoms with E-state index in [2.05, 4.69) is 0 Å². The van der Waals surface area contributed by atoms with E-state index in [-0.39, 0.29) is 36.0 Å². The second-order valence-electron chi connectivity index (χ2n) is 5.62. The van der Waals surface area contributed by atoms with E-state index in [4.69, 9.17) is 9.15 Å². The van der Waals surface area contributed by atoms with Crippen LogP contribution in [0.4, 0.5) is 0 Å². The lowest BCUT2D eigenvalue weighted by Gasteiger charge is -2.26. The minimum atomic E-state index is -0.957. The number of carbonyl (C=O) groups excluding carboxylic acids is 2. The summed E-state index contributed by atoms with van der Waals surface area (Å²) in [6, 6.07) is 6.32. The van der Waals surface area contributed by atoms with Gasteiger partial charge in [-0.05, 0) is 29.8 Å². The molecule has 0 fully saturated rings. The van der Waals surface area contributed by atoms with E-state index < -0.39 is 23.5 Å². The van der Waals surface area contributed by atoms with Gasteiger partial charge in [-0.2, -0.15) is 0 Å². The second kappa shape index (κ2) is 6.93. The molecule has 3 N–H and O–H groups in total. The van der Waals surface area contributed by atoms with Crippen LogP contribution in [0.5, 0.6) is 11.5 Å². The van der Waals surface area contributed by atoms with Crippen LogP contribution in [0.3, 0.4) is 0 Å². The van der Waals surface area contributed by atoms with Crippen molar-refractivity contribution in [1.82, 2.24) is 4.90 Å². The molecule has 1 aliphatic heterocycles. The Balaban J connectivity index is 2.13. The van der Waals surface area contributed by atoms with E-state index in [9.17, 15) is 24.9 Å². The molecule has 1 amide bonds. The quantitative estimate of drug-likeness (QED) is 0.669. The van der Waals surface area contributed by atoms with E-state index in [1.54, 1.807) is 0 Å². The number of phenolic OH excluding ortho intramolecular Hbond substituents is 1. The third-order valence-electron chi connectivity index (χ3n) is 4.15. The summed E-state index contributed by atoms with van der Waals surface area (Å²) in [6.07, 6.45) is 1.31. The molecule has 0 aliphatic carbocycles. The van der Waals surface area contributed by atoms with Crippen LogP contribution >= 0.6 is 0 Å². The van der Waals surface area contributed by atoms with Crippen molar-refractivity contribution in [3.8, 4) is 11.5 Å². The lowest BCUT2D eigenvalue weighted by atomic mass is 9.94. The fraction of sp³-hybridized carbons (Fsp3) is 0.222. The number of hydrogen-bond acceptors (Lipinski definition) is 7. The molecular formula is C18H17NO7. The number of benzene rings is 1. The summed E-state index contributed by atoms with van der Waals surface area (Å²) in [4.78, 5) is 26.4. The Labute approximate surface area is 148 Å². The smallest absolute Gasteiger partial charge is 0.290 e. The number of β-amino-alcohol motifs (C(OH)–C–C–N with tert-alkyl or cyclic N) is 1. The number of phenols is 1. The molecule has 1 aromatic heterocycles. The number of hydrogen-bond donors (Lipinski definition) is 3. The molecular weight excluding hydrogens is 342 g/mol. The maximum atomic E-state index is 12.8. The van der Waals surface area contributed by atoms with Gasteiger partial charge in [-0.3, -0.25) is 9.59 Å². The molecule has 8 nitrogen and oxygen atoms in total. The zero-order valence-corrected chi connectivity index (χ0v) is 13.9. The predicted octanol–water partition coefficient (Wildman–Crippen LogP) is 1.56. The van der Waals surface area contributed by atoms with Crippen molar-refractivity contribution in [2.45, 2.75) is 6.04 Å². The highest BCUT2D eigenvalue weighted by Crippen LogP contribution is 2.41. The van der Waals surface area contributed by atoms with Crippen LogP contribution in [0, 0.1) is 0 Å². The fourth-order valence-corrected chi connectivity index (χ4v) is 2.98. The van der Waals surface area contributed by atoms with Crippen LogP contribution in [-0.2, 0) is 4.79 Å². The summed E-state index contributed by atoms with van der Waals surface area (Å²) in [5.74, 6) is -2.10. The average molecular weight is 359 g/mol. The Hall–Kier alpha value is -3.26. The number of aromatic hydroxyl groups is 1. The van der Waals surface area contributed by atoms with Crippen LogP contribution in [0.15, 0.2) is 52.3 Å². The number of furan rings is 1. The molecule has 1 aliphatic rings. The minimum Gasteiger partial charge on any atom is -0.504 e. The van der Waals surface area contributed by atoms with Gasteiger partial charge in [-0.25, -0.2) is 0 Å². The lowest BCUT2D eigenvalue weighted by Crippen LogP contribution is -2.33. The molecule has 136 valence electrons. The normalized spacial score (nSPS) is 17.1. The van der Waals surface area contributed by atoms with Gasteiger partial charge in [-0.15, -0.1) is 0 Å². The number of rotatable bonds is 6.